The number of hydrogen-bond acceptors (Lipinski definition) is 7. The number of carbonyl (C=O) groups excluding carboxylic acids is 1. The number of nitro groups is 1. The zero-order chi connectivity index (χ0) is 28.2. The molecule has 1 aromatic heterocycles. The molecule has 0 saturated heterocycles. The molecule has 4 rings (SSSR count). The first-order chi connectivity index (χ1) is 18.4. The molecule has 0 radical (unpaired) electrons. The molecule has 0 unspecified atom stereocenters. The molecule has 9 nitrogen and oxygen atoms in total. The summed E-state index contributed by atoms with van der Waals surface area (Å²) in [5.41, 5.74) is -0.949. The molecule has 0 saturated carbocycles. The van der Waals surface area contributed by atoms with Gasteiger partial charge < -0.3 is 13.5 Å². The fourth-order valence-corrected chi connectivity index (χ4v) is 4.61. The van der Waals surface area contributed by atoms with Gasteiger partial charge in [-0.1, -0.05) is 24.3 Å². The van der Waals surface area contributed by atoms with E-state index in [9.17, 15) is 36.5 Å². The highest BCUT2D eigenvalue weighted by Crippen LogP contribution is 2.31. The molecule has 0 aliphatic carbocycles. The molecule has 0 N–H and O–H groups in total. The minimum Gasteiger partial charge on any atom is -0.467 e. The molecular formula is C26H19F3N2O7S. The molecule has 1 amide bonds. The van der Waals surface area contributed by atoms with Gasteiger partial charge in [0.1, 0.15) is 16.4 Å². The highest BCUT2D eigenvalue weighted by atomic mass is 32.2. The number of non-ortho nitro benzene ring substituents is 1. The summed E-state index contributed by atoms with van der Waals surface area (Å²) in [5, 5.41) is 11.2. The van der Waals surface area contributed by atoms with Crippen LogP contribution in [0.4, 0.5) is 18.9 Å². The number of furan rings is 1. The molecule has 0 aliphatic heterocycles. The summed E-state index contributed by atoms with van der Waals surface area (Å²) in [6.45, 7) is -0.0921. The summed E-state index contributed by atoms with van der Waals surface area (Å²) < 4.78 is 74.9. The maximum atomic E-state index is 13.3. The third-order valence-electron chi connectivity index (χ3n) is 5.45. The van der Waals surface area contributed by atoms with Gasteiger partial charge in [-0.2, -0.15) is 21.6 Å². The molecule has 0 aliphatic rings. The number of nitrogens with zero attached hydrogens (tertiary/aromatic N) is 2. The molecule has 13 heteroatoms. The number of carbonyl (C=O) groups is 1. The summed E-state index contributed by atoms with van der Waals surface area (Å²) in [6, 6.07) is 17.3. The van der Waals surface area contributed by atoms with E-state index in [1.807, 2.05) is 0 Å². The van der Waals surface area contributed by atoms with Crippen molar-refractivity contribution in [3.05, 3.63) is 124 Å². The first-order valence-electron chi connectivity index (χ1n) is 11.2. The highest BCUT2D eigenvalue weighted by Gasteiger charge is 2.32. The minimum atomic E-state index is -4.74. The number of amides is 1. The number of alkyl halides is 3. The maximum absolute atomic E-state index is 13.3. The minimum absolute atomic E-state index is 0.0118. The highest BCUT2D eigenvalue weighted by molar-refractivity contribution is 7.87. The van der Waals surface area contributed by atoms with E-state index in [0.29, 0.717) is 17.4 Å². The van der Waals surface area contributed by atoms with Gasteiger partial charge in [0.05, 0.1) is 23.3 Å². The lowest BCUT2D eigenvalue weighted by Crippen LogP contribution is -2.30. The van der Waals surface area contributed by atoms with Gasteiger partial charge in [0, 0.05) is 24.2 Å². The Hall–Kier alpha value is -4.65. The Bertz CT molecular complexity index is 1600. The van der Waals surface area contributed by atoms with Gasteiger partial charge >= 0.3 is 16.3 Å². The van der Waals surface area contributed by atoms with Crippen LogP contribution in [-0.4, -0.2) is 24.1 Å². The van der Waals surface area contributed by atoms with Gasteiger partial charge in [0.2, 0.25) is 0 Å². The van der Waals surface area contributed by atoms with Crippen LogP contribution >= 0.6 is 0 Å². The van der Waals surface area contributed by atoms with Gasteiger partial charge in [-0.25, -0.2) is 0 Å². The quantitative estimate of drug-likeness (QED) is 0.144. The molecule has 3 aromatic carbocycles. The van der Waals surface area contributed by atoms with E-state index in [1.165, 1.54) is 47.6 Å². The predicted molar refractivity (Wildman–Crippen MR) is 131 cm³/mol. The second kappa shape index (κ2) is 11.0. The van der Waals surface area contributed by atoms with E-state index < -0.39 is 37.6 Å². The van der Waals surface area contributed by atoms with E-state index >= 15 is 0 Å². The first-order valence-corrected chi connectivity index (χ1v) is 12.6. The van der Waals surface area contributed by atoms with Crippen LogP contribution in [0, 0.1) is 10.1 Å². The Morgan fingerprint density at radius 1 is 0.949 bits per heavy atom. The number of rotatable bonds is 9. The third-order valence-corrected chi connectivity index (χ3v) is 6.69. The van der Waals surface area contributed by atoms with Crippen LogP contribution in [0.2, 0.25) is 0 Å². The Kier molecular flexibility index (Phi) is 7.72. The Labute approximate surface area is 220 Å². The lowest BCUT2D eigenvalue weighted by atomic mass is 10.1. The number of hydrogen-bond donors (Lipinski definition) is 0. The van der Waals surface area contributed by atoms with Crippen LogP contribution in [-0.2, 0) is 29.4 Å². The zero-order valence-corrected chi connectivity index (χ0v) is 20.7. The summed E-state index contributed by atoms with van der Waals surface area (Å²) >= 11 is 0. The Morgan fingerprint density at radius 2 is 1.69 bits per heavy atom. The van der Waals surface area contributed by atoms with Crippen LogP contribution < -0.4 is 4.18 Å². The lowest BCUT2D eigenvalue weighted by Gasteiger charge is -2.22. The van der Waals surface area contributed by atoms with Crippen molar-refractivity contribution < 1.29 is 39.9 Å². The normalized spacial score (nSPS) is 11.7. The third kappa shape index (κ3) is 6.82. The van der Waals surface area contributed by atoms with Crippen molar-refractivity contribution in [2.24, 2.45) is 0 Å². The van der Waals surface area contributed by atoms with Crippen LogP contribution in [0.15, 0.2) is 101 Å². The molecule has 0 fully saturated rings. The molecule has 202 valence electrons. The van der Waals surface area contributed by atoms with Crippen LogP contribution in [0.3, 0.4) is 0 Å². The van der Waals surface area contributed by atoms with Crippen molar-refractivity contribution in [3.63, 3.8) is 0 Å². The Morgan fingerprint density at radius 3 is 2.38 bits per heavy atom. The van der Waals surface area contributed by atoms with Crippen molar-refractivity contribution in [3.8, 4) is 5.75 Å². The van der Waals surface area contributed by atoms with Crippen LogP contribution in [0.5, 0.6) is 5.75 Å². The molecule has 0 atom stereocenters. The monoisotopic (exact) mass is 560 g/mol. The first kappa shape index (κ1) is 27.4. The standard InChI is InChI=1S/C26H19F3N2O7S/c27-26(28,29)20-7-3-11-24(15-20)39(35,36)38-22-9-1-5-18(13-22)16-30(17-23-10-4-12-37-23)25(32)19-6-2-8-21(14-19)31(33)34/h1-15H,16-17H2. The lowest BCUT2D eigenvalue weighted by molar-refractivity contribution is -0.384. The van der Waals surface area contributed by atoms with Crippen molar-refractivity contribution in [1.29, 1.82) is 0 Å². The van der Waals surface area contributed by atoms with Gasteiger partial charge in [-0.05, 0) is 54.1 Å². The van der Waals surface area contributed by atoms with Gasteiger partial charge in [0.15, 0.2) is 0 Å². The van der Waals surface area contributed by atoms with E-state index in [1.54, 1.807) is 18.2 Å². The van der Waals surface area contributed by atoms with Crippen molar-refractivity contribution in [2.45, 2.75) is 24.2 Å². The molecule has 39 heavy (non-hydrogen) atoms. The van der Waals surface area contributed by atoms with Crippen molar-refractivity contribution >= 4 is 21.7 Å². The van der Waals surface area contributed by atoms with Crippen LogP contribution in [0.25, 0.3) is 0 Å². The summed E-state index contributed by atoms with van der Waals surface area (Å²) in [4.78, 5) is 24.5. The average Bonchev–Trinajstić information content (AvgIpc) is 3.41. The molecular weight excluding hydrogens is 541 g/mol. The van der Waals surface area contributed by atoms with Crippen molar-refractivity contribution in [1.82, 2.24) is 4.90 Å². The maximum Gasteiger partial charge on any atom is 0.416 e. The summed E-state index contributed by atoms with van der Waals surface area (Å²) in [5.74, 6) is -0.322. The fraction of sp³-hybridized carbons (Fsp3) is 0.115. The largest absolute Gasteiger partial charge is 0.467 e. The predicted octanol–water partition coefficient (Wildman–Crippen LogP) is 5.82. The number of nitro benzene ring substituents is 1. The smallest absolute Gasteiger partial charge is 0.416 e. The van der Waals surface area contributed by atoms with Gasteiger partial charge in [-0.15, -0.1) is 0 Å². The summed E-state index contributed by atoms with van der Waals surface area (Å²) in [6.07, 6.45) is -3.33. The Balaban J connectivity index is 1.59. The topological polar surface area (TPSA) is 120 Å². The van der Waals surface area contributed by atoms with Crippen LogP contribution in [0.1, 0.15) is 27.2 Å². The molecule has 4 aromatic rings. The number of halogens is 3. The average molecular weight is 561 g/mol. The number of benzene rings is 3. The zero-order valence-electron chi connectivity index (χ0n) is 19.9. The van der Waals surface area contributed by atoms with E-state index in [2.05, 4.69) is 0 Å². The van der Waals surface area contributed by atoms with E-state index in [0.717, 1.165) is 24.3 Å². The second-order valence-electron chi connectivity index (χ2n) is 8.26. The van der Waals surface area contributed by atoms with E-state index in [4.69, 9.17) is 8.60 Å². The fourth-order valence-electron chi connectivity index (χ4n) is 3.64. The summed E-state index contributed by atoms with van der Waals surface area (Å²) in [7, 11) is -4.61. The SMILES string of the molecule is O=C(c1cccc([N+](=O)[O-])c1)N(Cc1cccc(OS(=O)(=O)c2cccc(C(F)(F)F)c2)c1)Cc1ccco1. The second-order valence-corrected chi connectivity index (χ2v) is 9.80. The molecule has 1 heterocycles. The van der Waals surface area contributed by atoms with Crippen molar-refractivity contribution in [2.75, 3.05) is 0 Å². The molecule has 0 spiro atoms. The van der Waals surface area contributed by atoms with E-state index in [-0.39, 0.29) is 30.1 Å². The molecule has 0 bridgehead atoms. The van der Waals surface area contributed by atoms with Gasteiger partial charge in [-0.3, -0.25) is 14.9 Å². The van der Waals surface area contributed by atoms with Gasteiger partial charge in [0.25, 0.3) is 11.6 Å².